The van der Waals surface area contributed by atoms with Crippen molar-refractivity contribution in [1.82, 2.24) is 15.1 Å². The van der Waals surface area contributed by atoms with Gasteiger partial charge in [0.2, 0.25) is 0 Å². The molecule has 1 atom stereocenters. The molecule has 0 bridgehead atoms. The van der Waals surface area contributed by atoms with Crippen molar-refractivity contribution >= 4 is 29.9 Å². The molecule has 0 saturated carbocycles. The third-order valence-electron chi connectivity index (χ3n) is 4.72. The molecule has 148 valence electrons. The Labute approximate surface area is 175 Å². The molecule has 0 radical (unpaired) electrons. The third-order valence-corrected chi connectivity index (χ3v) is 4.72. The van der Waals surface area contributed by atoms with Crippen LogP contribution in [0.3, 0.4) is 0 Å². The molecule has 1 fully saturated rings. The van der Waals surface area contributed by atoms with Gasteiger partial charge in [-0.1, -0.05) is 0 Å². The molecule has 1 aromatic carbocycles. The zero-order chi connectivity index (χ0) is 18.2. The average molecular weight is 476 g/mol. The second-order valence-corrected chi connectivity index (χ2v) is 6.51. The van der Waals surface area contributed by atoms with E-state index in [2.05, 4.69) is 36.1 Å². The highest BCUT2D eigenvalue weighted by Crippen LogP contribution is 2.25. The fourth-order valence-corrected chi connectivity index (χ4v) is 3.18. The van der Waals surface area contributed by atoms with Crippen LogP contribution in [-0.4, -0.2) is 69.8 Å². The second-order valence-electron chi connectivity index (χ2n) is 6.51. The lowest BCUT2D eigenvalue weighted by Crippen LogP contribution is -2.39. The largest absolute Gasteiger partial charge is 0.497 e. The van der Waals surface area contributed by atoms with Crippen LogP contribution in [-0.2, 0) is 6.54 Å². The van der Waals surface area contributed by atoms with E-state index in [1.165, 1.54) is 19.4 Å². The predicted octanol–water partition coefficient (Wildman–Crippen LogP) is 2.81. The number of nitrogens with zero attached hydrogens (tertiary/aromatic N) is 3. The zero-order valence-electron chi connectivity index (χ0n) is 16.6. The van der Waals surface area contributed by atoms with Crippen molar-refractivity contribution < 1.29 is 9.47 Å². The summed E-state index contributed by atoms with van der Waals surface area (Å²) in [6, 6.07) is 6.48. The minimum Gasteiger partial charge on any atom is -0.497 e. The summed E-state index contributed by atoms with van der Waals surface area (Å²) in [4.78, 5) is 9.40. The van der Waals surface area contributed by atoms with E-state index in [-0.39, 0.29) is 24.0 Å². The lowest BCUT2D eigenvalue weighted by Gasteiger charge is -2.24. The van der Waals surface area contributed by atoms with Gasteiger partial charge >= 0.3 is 0 Å². The van der Waals surface area contributed by atoms with E-state index < -0.39 is 0 Å². The molecule has 0 aliphatic carbocycles. The summed E-state index contributed by atoms with van der Waals surface area (Å²) >= 11 is 0. The fraction of sp³-hybridized carbons (Fsp3) is 0.632. The molecule has 1 aromatic rings. The van der Waals surface area contributed by atoms with E-state index in [9.17, 15) is 0 Å². The Morgan fingerprint density at radius 2 is 2.12 bits per heavy atom. The van der Waals surface area contributed by atoms with E-state index in [0.29, 0.717) is 6.04 Å². The van der Waals surface area contributed by atoms with Gasteiger partial charge in [-0.25, -0.2) is 0 Å². The number of rotatable bonds is 7. The average Bonchev–Trinajstić information content (AvgIpc) is 3.03. The van der Waals surface area contributed by atoms with E-state index in [4.69, 9.17) is 14.5 Å². The van der Waals surface area contributed by atoms with E-state index >= 15 is 0 Å². The van der Waals surface area contributed by atoms with Gasteiger partial charge in [0, 0.05) is 37.8 Å². The predicted molar refractivity (Wildman–Crippen MR) is 118 cm³/mol. The molecule has 2 rings (SSSR count). The first kappa shape index (κ1) is 22.8. The number of methoxy groups -OCH3 is 2. The van der Waals surface area contributed by atoms with Crippen molar-refractivity contribution in [3.05, 3.63) is 23.8 Å². The van der Waals surface area contributed by atoms with Gasteiger partial charge < -0.3 is 24.6 Å². The van der Waals surface area contributed by atoms with Gasteiger partial charge in [-0.3, -0.25) is 4.99 Å². The Balaban J connectivity index is 0.00000338. The molecule has 1 saturated heterocycles. The van der Waals surface area contributed by atoms with Crippen LogP contribution in [0, 0.1) is 0 Å². The lowest BCUT2D eigenvalue weighted by atomic mass is 10.2. The molecule has 1 aliphatic rings. The number of halogens is 1. The maximum Gasteiger partial charge on any atom is 0.194 e. The lowest BCUT2D eigenvalue weighted by molar-refractivity contribution is 0.316. The number of guanidine groups is 1. The summed E-state index contributed by atoms with van der Waals surface area (Å²) in [5, 5.41) is 3.39. The number of hydrogen-bond acceptors (Lipinski definition) is 4. The third kappa shape index (κ3) is 6.19. The zero-order valence-corrected chi connectivity index (χ0v) is 18.9. The first-order chi connectivity index (χ1) is 12.1. The molecule has 7 heteroatoms. The van der Waals surface area contributed by atoms with Crippen molar-refractivity contribution in [2.45, 2.75) is 32.4 Å². The Kier molecular flexibility index (Phi) is 10.1. The molecule has 1 N–H and O–H groups in total. The van der Waals surface area contributed by atoms with Gasteiger partial charge in [0.1, 0.15) is 11.5 Å². The molecule has 1 heterocycles. The van der Waals surface area contributed by atoms with Gasteiger partial charge in [0.05, 0.1) is 20.8 Å². The normalized spacial score (nSPS) is 17.6. The van der Waals surface area contributed by atoms with Crippen LogP contribution in [0.4, 0.5) is 0 Å². The van der Waals surface area contributed by atoms with Crippen molar-refractivity contribution in [2.24, 2.45) is 4.99 Å². The van der Waals surface area contributed by atoms with Gasteiger partial charge in [-0.05, 0) is 45.5 Å². The van der Waals surface area contributed by atoms with E-state index in [1.54, 1.807) is 14.2 Å². The molecule has 6 nitrogen and oxygen atoms in total. The monoisotopic (exact) mass is 476 g/mol. The van der Waals surface area contributed by atoms with Crippen molar-refractivity contribution in [1.29, 1.82) is 0 Å². The van der Waals surface area contributed by atoms with E-state index in [1.807, 2.05) is 18.2 Å². The topological polar surface area (TPSA) is 49.3 Å². The van der Waals surface area contributed by atoms with Crippen LogP contribution in [0.5, 0.6) is 11.5 Å². The number of likely N-dealkylation sites (N-methyl/N-ethyl adjacent to an activating group) is 1. The highest BCUT2D eigenvalue weighted by Gasteiger charge is 2.20. The number of likely N-dealkylation sites (tertiary alicyclic amines) is 1. The summed E-state index contributed by atoms with van der Waals surface area (Å²) in [6.45, 7) is 5.68. The van der Waals surface area contributed by atoms with Crippen LogP contribution in [0.25, 0.3) is 0 Å². The van der Waals surface area contributed by atoms with Crippen LogP contribution in [0.2, 0.25) is 0 Å². The number of ether oxygens (including phenoxy) is 2. The Hall–Kier alpha value is -1.22. The quantitative estimate of drug-likeness (QED) is 0.373. The first-order valence-corrected chi connectivity index (χ1v) is 8.99. The standard InChI is InChI=1S/C19H32N4O2.HI/c1-6-20-19(21-13-16-8-7-11-22(16)2)23(3)14-15-9-10-17(24-4)12-18(15)25-5;/h9-10,12,16H,6-8,11,13-14H2,1-5H3,(H,20,21);1H. The second kappa shape index (κ2) is 11.5. The van der Waals surface area contributed by atoms with Gasteiger partial charge in [-0.2, -0.15) is 0 Å². The molecule has 26 heavy (non-hydrogen) atoms. The smallest absolute Gasteiger partial charge is 0.194 e. The summed E-state index contributed by atoms with van der Waals surface area (Å²) in [6.07, 6.45) is 2.50. The maximum absolute atomic E-state index is 5.51. The SMILES string of the molecule is CCNC(=NCC1CCCN1C)N(C)Cc1ccc(OC)cc1OC.I. The van der Waals surface area contributed by atoms with Crippen LogP contribution < -0.4 is 14.8 Å². The Bertz CT molecular complexity index is 583. The van der Waals surface area contributed by atoms with Crippen LogP contribution in [0.15, 0.2) is 23.2 Å². The Morgan fingerprint density at radius 3 is 2.69 bits per heavy atom. The van der Waals surface area contributed by atoms with Gasteiger partial charge in [-0.15, -0.1) is 24.0 Å². The molecule has 0 amide bonds. The molecular weight excluding hydrogens is 443 g/mol. The minimum absolute atomic E-state index is 0. The van der Waals surface area contributed by atoms with Gasteiger partial charge in [0.15, 0.2) is 5.96 Å². The summed E-state index contributed by atoms with van der Waals surface area (Å²) < 4.78 is 10.8. The summed E-state index contributed by atoms with van der Waals surface area (Å²) in [7, 11) is 7.60. The molecule has 0 spiro atoms. The minimum atomic E-state index is 0. The van der Waals surface area contributed by atoms with Crippen molar-refractivity contribution in [2.75, 3.05) is 47.9 Å². The highest BCUT2D eigenvalue weighted by atomic mass is 127. The van der Waals surface area contributed by atoms with Crippen LogP contribution >= 0.6 is 24.0 Å². The maximum atomic E-state index is 5.51. The first-order valence-electron chi connectivity index (χ1n) is 8.99. The van der Waals surface area contributed by atoms with Crippen molar-refractivity contribution in [3.8, 4) is 11.5 Å². The molecule has 1 aliphatic heterocycles. The Morgan fingerprint density at radius 1 is 1.35 bits per heavy atom. The van der Waals surface area contributed by atoms with E-state index in [0.717, 1.165) is 42.7 Å². The molecule has 0 aromatic heterocycles. The molecular formula is C19H33IN4O2. The number of hydrogen-bond donors (Lipinski definition) is 1. The number of aliphatic imine (C=N–C) groups is 1. The van der Waals surface area contributed by atoms with Crippen molar-refractivity contribution in [3.63, 3.8) is 0 Å². The fourth-order valence-electron chi connectivity index (χ4n) is 3.18. The number of benzene rings is 1. The molecule has 1 unspecified atom stereocenters. The number of nitrogens with one attached hydrogen (secondary N) is 1. The summed E-state index contributed by atoms with van der Waals surface area (Å²) in [5.74, 6) is 2.56. The highest BCUT2D eigenvalue weighted by molar-refractivity contribution is 14.0. The van der Waals surface area contributed by atoms with Crippen LogP contribution in [0.1, 0.15) is 25.3 Å². The van der Waals surface area contributed by atoms with Gasteiger partial charge in [0.25, 0.3) is 0 Å². The summed E-state index contributed by atoms with van der Waals surface area (Å²) in [5.41, 5.74) is 1.11.